The van der Waals surface area contributed by atoms with Crippen molar-refractivity contribution in [2.24, 2.45) is 17.8 Å². The summed E-state index contributed by atoms with van der Waals surface area (Å²) in [6.07, 6.45) is 11.2. The topological polar surface area (TPSA) is 95.0 Å². The van der Waals surface area contributed by atoms with Crippen LogP contribution in [0.1, 0.15) is 57.8 Å². The fourth-order valence-corrected chi connectivity index (χ4v) is 5.77. The number of aliphatic hydroxyl groups excluding tert-OH is 1. The molecule has 5 saturated carbocycles. The molecule has 1 heterocycles. The zero-order valence-corrected chi connectivity index (χ0v) is 15.4. The molecular formula is C19H30N6O. The maximum atomic E-state index is 9.01. The molecule has 0 amide bonds. The van der Waals surface area contributed by atoms with Crippen molar-refractivity contribution in [1.29, 1.82) is 0 Å². The largest absolute Gasteiger partial charge is 0.396 e. The Kier molecular flexibility index (Phi) is 4.14. The van der Waals surface area contributed by atoms with Gasteiger partial charge in [0.2, 0.25) is 17.8 Å². The summed E-state index contributed by atoms with van der Waals surface area (Å²) in [5.41, 5.74) is 0.190. The Balaban J connectivity index is 1.35. The Bertz CT molecular complexity index is 626. The molecule has 6 rings (SSSR count). The van der Waals surface area contributed by atoms with Crippen LogP contribution in [-0.2, 0) is 0 Å². The molecule has 5 aliphatic carbocycles. The van der Waals surface area contributed by atoms with Crippen molar-refractivity contribution >= 4 is 17.8 Å². The van der Waals surface area contributed by atoms with Crippen molar-refractivity contribution in [3.05, 3.63) is 0 Å². The molecule has 0 aromatic carbocycles. The van der Waals surface area contributed by atoms with E-state index in [1.165, 1.54) is 51.4 Å². The Morgan fingerprint density at radius 3 is 2.12 bits per heavy atom. The summed E-state index contributed by atoms with van der Waals surface area (Å²) in [5, 5.41) is 19.4. The highest BCUT2D eigenvalue weighted by Gasteiger charge is 2.51. The fraction of sp³-hybridized carbons (Fsp3) is 0.842. The SMILES string of the molecule is OCCCNc1nc(NC2CC2)nc(NC23CC4CC(CC(C4)C2)C3)n1. The summed E-state index contributed by atoms with van der Waals surface area (Å²) in [6, 6.07) is 0.509. The van der Waals surface area contributed by atoms with Crippen LogP contribution in [0.3, 0.4) is 0 Å². The molecule has 1 aromatic rings. The monoisotopic (exact) mass is 358 g/mol. The Morgan fingerprint density at radius 1 is 0.885 bits per heavy atom. The molecule has 0 aliphatic heterocycles. The minimum Gasteiger partial charge on any atom is -0.396 e. The van der Waals surface area contributed by atoms with Gasteiger partial charge in [0.25, 0.3) is 0 Å². The number of aliphatic hydroxyl groups is 1. The standard InChI is InChI=1S/C19H30N6O/c26-5-1-4-20-16-22-17(21-15-2-3-15)24-18(23-16)25-19-9-12-6-13(10-19)8-14(7-12)11-19/h12-15,26H,1-11H2,(H3,20,21,22,23,24,25). The lowest BCUT2D eigenvalue weighted by Crippen LogP contribution is -2.55. The van der Waals surface area contributed by atoms with Crippen molar-refractivity contribution in [2.45, 2.75) is 69.4 Å². The Morgan fingerprint density at radius 2 is 1.50 bits per heavy atom. The van der Waals surface area contributed by atoms with Gasteiger partial charge in [0, 0.05) is 24.7 Å². The van der Waals surface area contributed by atoms with Crippen LogP contribution in [0, 0.1) is 17.8 Å². The van der Waals surface area contributed by atoms with Crippen LogP contribution >= 0.6 is 0 Å². The molecule has 142 valence electrons. The zero-order valence-electron chi connectivity index (χ0n) is 15.4. The van der Waals surface area contributed by atoms with E-state index in [2.05, 4.69) is 30.9 Å². The normalized spacial score (nSPS) is 34.7. The molecule has 4 N–H and O–H groups in total. The average molecular weight is 358 g/mol. The van der Waals surface area contributed by atoms with E-state index in [-0.39, 0.29) is 12.1 Å². The van der Waals surface area contributed by atoms with Gasteiger partial charge in [-0.1, -0.05) is 0 Å². The molecule has 0 atom stereocenters. The highest BCUT2D eigenvalue weighted by Crippen LogP contribution is 2.56. The summed E-state index contributed by atoms with van der Waals surface area (Å²) in [5.74, 6) is 4.65. The lowest BCUT2D eigenvalue weighted by molar-refractivity contribution is 0.0103. The van der Waals surface area contributed by atoms with E-state index in [1.807, 2.05) is 0 Å². The summed E-state index contributed by atoms with van der Waals surface area (Å²) in [7, 11) is 0. The fourth-order valence-electron chi connectivity index (χ4n) is 5.77. The Labute approximate surface area is 154 Å². The zero-order chi connectivity index (χ0) is 17.6. The van der Waals surface area contributed by atoms with Crippen LogP contribution in [0.5, 0.6) is 0 Å². The predicted octanol–water partition coefficient (Wildman–Crippen LogP) is 2.62. The Hall–Kier alpha value is -1.63. The number of nitrogens with one attached hydrogen (secondary N) is 3. The van der Waals surface area contributed by atoms with Crippen LogP contribution in [0.25, 0.3) is 0 Å². The number of aromatic nitrogens is 3. The summed E-state index contributed by atoms with van der Waals surface area (Å²) in [4.78, 5) is 13.8. The second-order valence-electron chi connectivity index (χ2n) is 9.05. The summed E-state index contributed by atoms with van der Waals surface area (Å²) < 4.78 is 0. The van der Waals surface area contributed by atoms with E-state index in [4.69, 9.17) is 5.11 Å². The number of anilines is 3. The highest BCUT2D eigenvalue weighted by atomic mass is 16.3. The molecule has 0 spiro atoms. The third-order valence-corrected chi connectivity index (χ3v) is 6.58. The minimum absolute atomic E-state index is 0.170. The molecule has 0 radical (unpaired) electrons. The van der Waals surface area contributed by atoms with Gasteiger partial charge in [-0.3, -0.25) is 0 Å². The third-order valence-electron chi connectivity index (χ3n) is 6.58. The van der Waals surface area contributed by atoms with Gasteiger partial charge in [0.15, 0.2) is 0 Å². The van der Waals surface area contributed by atoms with Crippen molar-refractivity contribution in [2.75, 3.05) is 29.1 Å². The molecule has 7 heteroatoms. The van der Waals surface area contributed by atoms with E-state index >= 15 is 0 Å². The second kappa shape index (κ2) is 6.51. The van der Waals surface area contributed by atoms with E-state index in [9.17, 15) is 0 Å². The van der Waals surface area contributed by atoms with Gasteiger partial charge in [-0.25, -0.2) is 0 Å². The van der Waals surface area contributed by atoms with Gasteiger partial charge in [-0.2, -0.15) is 15.0 Å². The predicted molar refractivity (Wildman–Crippen MR) is 101 cm³/mol. The summed E-state index contributed by atoms with van der Waals surface area (Å²) in [6.45, 7) is 0.837. The summed E-state index contributed by atoms with van der Waals surface area (Å²) >= 11 is 0. The molecule has 5 aliphatic rings. The van der Waals surface area contributed by atoms with E-state index < -0.39 is 0 Å². The van der Waals surface area contributed by atoms with Crippen LogP contribution in [0.15, 0.2) is 0 Å². The quantitative estimate of drug-likeness (QED) is 0.531. The van der Waals surface area contributed by atoms with Gasteiger partial charge in [-0.05, 0) is 75.5 Å². The first-order valence-corrected chi connectivity index (χ1v) is 10.4. The van der Waals surface area contributed by atoms with Crippen molar-refractivity contribution in [3.8, 4) is 0 Å². The van der Waals surface area contributed by atoms with Crippen molar-refractivity contribution in [1.82, 2.24) is 15.0 Å². The van der Waals surface area contributed by atoms with Crippen LogP contribution in [-0.4, -0.2) is 44.8 Å². The average Bonchev–Trinajstić information content (AvgIpc) is 3.37. The van der Waals surface area contributed by atoms with E-state index in [0.29, 0.717) is 36.9 Å². The maximum absolute atomic E-state index is 9.01. The number of nitrogens with zero attached hydrogens (tertiary/aromatic N) is 3. The maximum Gasteiger partial charge on any atom is 0.229 e. The van der Waals surface area contributed by atoms with Gasteiger partial charge >= 0.3 is 0 Å². The van der Waals surface area contributed by atoms with Crippen LogP contribution in [0.4, 0.5) is 17.8 Å². The number of rotatable bonds is 8. The first kappa shape index (κ1) is 16.5. The molecule has 26 heavy (non-hydrogen) atoms. The second-order valence-corrected chi connectivity index (χ2v) is 9.05. The van der Waals surface area contributed by atoms with Gasteiger partial charge in [-0.15, -0.1) is 0 Å². The first-order valence-electron chi connectivity index (χ1n) is 10.4. The van der Waals surface area contributed by atoms with E-state index in [1.54, 1.807) is 0 Å². The molecule has 4 bridgehead atoms. The van der Waals surface area contributed by atoms with Gasteiger partial charge < -0.3 is 21.1 Å². The van der Waals surface area contributed by atoms with Crippen molar-refractivity contribution < 1.29 is 5.11 Å². The lowest BCUT2D eigenvalue weighted by atomic mass is 9.53. The minimum atomic E-state index is 0.170. The van der Waals surface area contributed by atoms with Crippen LogP contribution < -0.4 is 16.0 Å². The van der Waals surface area contributed by atoms with Crippen molar-refractivity contribution in [3.63, 3.8) is 0 Å². The van der Waals surface area contributed by atoms with Gasteiger partial charge in [0.05, 0.1) is 0 Å². The van der Waals surface area contributed by atoms with E-state index in [0.717, 1.165) is 17.8 Å². The first-order chi connectivity index (χ1) is 12.7. The van der Waals surface area contributed by atoms with Gasteiger partial charge in [0.1, 0.15) is 0 Å². The number of hydrogen-bond donors (Lipinski definition) is 4. The molecule has 0 unspecified atom stereocenters. The molecule has 0 saturated heterocycles. The number of hydrogen-bond acceptors (Lipinski definition) is 7. The molecular weight excluding hydrogens is 328 g/mol. The lowest BCUT2D eigenvalue weighted by Gasteiger charge is -2.56. The highest BCUT2D eigenvalue weighted by molar-refractivity contribution is 5.45. The molecule has 5 fully saturated rings. The third kappa shape index (κ3) is 3.46. The smallest absolute Gasteiger partial charge is 0.229 e. The molecule has 1 aromatic heterocycles. The van der Waals surface area contributed by atoms with Crippen LogP contribution in [0.2, 0.25) is 0 Å². The molecule has 7 nitrogen and oxygen atoms in total.